The molecule has 10 heteroatoms. The van der Waals surface area contributed by atoms with Crippen molar-refractivity contribution in [3.05, 3.63) is 0 Å². The third-order valence-electron chi connectivity index (χ3n) is 3.53. The molecule has 0 aliphatic carbocycles. The molecule has 0 saturated heterocycles. The van der Waals surface area contributed by atoms with Crippen LogP contribution in [0.3, 0.4) is 0 Å². The van der Waals surface area contributed by atoms with Gasteiger partial charge in [-0.15, -0.1) is 0 Å². The van der Waals surface area contributed by atoms with Gasteiger partial charge < -0.3 is 27.8 Å². The van der Waals surface area contributed by atoms with Crippen LogP contribution in [0.5, 0.6) is 0 Å². The fourth-order valence-corrected chi connectivity index (χ4v) is 2.02. The zero-order chi connectivity index (χ0) is 18.5. The number of hydrogen-bond donors (Lipinski definition) is 7. The number of hydrazine groups is 1. The Morgan fingerprint density at radius 3 is 2.21 bits per heavy atom. The monoisotopic (exact) mass is 345 g/mol. The number of carbonyl (C=O) groups is 3. The Bertz CT molecular complexity index is 406. The van der Waals surface area contributed by atoms with Crippen molar-refractivity contribution in [2.24, 2.45) is 23.0 Å². The van der Waals surface area contributed by atoms with Crippen molar-refractivity contribution < 1.29 is 14.4 Å². The van der Waals surface area contributed by atoms with Gasteiger partial charge in [-0.25, -0.2) is 0 Å². The summed E-state index contributed by atoms with van der Waals surface area (Å²) in [5, 5.41) is 5.04. The van der Waals surface area contributed by atoms with Crippen molar-refractivity contribution in [2.75, 3.05) is 13.1 Å². The molecular weight excluding hydrogens is 314 g/mol. The predicted octanol–water partition coefficient (Wildman–Crippen LogP) is -2.84. The Kier molecular flexibility index (Phi) is 11.7. The van der Waals surface area contributed by atoms with Crippen molar-refractivity contribution in [2.45, 2.75) is 57.2 Å². The molecule has 0 bridgehead atoms. The molecule has 0 aliphatic heterocycles. The van der Waals surface area contributed by atoms with Gasteiger partial charge in [0.25, 0.3) is 0 Å². The molecule has 24 heavy (non-hydrogen) atoms. The number of nitrogens with two attached hydrogens (primary N) is 4. The van der Waals surface area contributed by atoms with E-state index in [1.54, 1.807) is 0 Å². The number of nitrogens with one attached hydrogen (secondary N) is 3. The number of amides is 3. The van der Waals surface area contributed by atoms with Gasteiger partial charge in [-0.2, -0.15) is 0 Å². The second-order valence-electron chi connectivity index (χ2n) is 5.68. The molecule has 3 amide bonds. The first-order valence-corrected chi connectivity index (χ1v) is 8.12. The Morgan fingerprint density at radius 1 is 1.00 bits per heavy atom. The molecule has 0 heterocycles. The van der Waals surface area contributed by atoms with E-state index >= 15 is 0 Å². The second kappa shape index (κ2) is 12.6. The summed E-state index contributed by atoms with van der Waals surface area (Å²) in [6.07, 6.45) is 2.94. The molecule has 0 fully saturated rings. The average molecular weight is 345 g/mol. The van der Waals surface area contributed by atoms with Crippen LogP contribution in [0, 0.1) is 0 Å². The van der Waals surface area contributed by atoms with E-state index in [0.29, 0.717) is 32.4 Å². The summed E-state index contributed by atoms with van der Waals surface area (Å²) < 4.78 is 0. The number of rotatable bonds is 13. The Labute approximate surface area is 142 Å². The van der Waals surface area contributed by atoms with Crippen LogP contribution in [-0.2, 0) is 14.4 Å². The van der Waals surface area contributed by atoms with Crippen molar-refractivity contribution in [3.63, 3.8) is 0 Å². The molecule has 0 saturated carbocycles. The maximum Gasteiger partial charge on any atom is 0.242 e. The minimum absolute atomic E-state index is 0.352. The van der Waals surface area contributed by atoms with Crippen LogP contribution in [0.15, 0.2) is 0 Å². The van der Waals surface area contributed by atoms with E-state index < -0.39 is 35.8 Å². The van der Waals surface area contributed by atoms with Crippen LogP contribution in [0.25, 0.3) is 0 Å². The van der Waals surface area contributed by atoms with Crippen molar-refractivity contribution in [1.29, 1.82) is 0 Å². The first kappa shape index (κ1) is 22.2. The maximum absolute atomic E-state index is 12.1. The quantitative estimate of drug-likeness (QED) is 0.106. The van der Waals surface area contributed by atoms with E-state index in [0.717, 1.165) is 12.8 Å². The molecule has 3 atom stereocenters. The van der Waals surface area contributed by atoms with Gasteiger partial charge in [-0.1, -0.05) is 6.42 Å². The van der Waals surface area contributed by atoms with Gasteiger partial charge in [0.05, 0.1) is 6.04 Å². The van der Waals surface area contributed by atoms with Gasteiger partial charge in [-0.3, -0.25) is 25.7 Å². The van der Waals surface area contributed by atoms with Gasteiger partial charge in [0.15, 0.2) is 0 Å². The zero-order valence-corrected chi connectivity index (χ0v) is 14.2. The molecule has 11 N–H and O–H groups in total. The smallest absolute Gasteiger partial charge is 0.242 e. The topological polar surface area (TPSA) is 191 Å². The highest BCUT2D eigenvalue weighted by Crippen LogP contribution is 2.00. The van der Waals surface area contributed by atoms with Crippen LogP contribution < -0.4 is 39.1 Å². The lowest BCUT2D eigenvalue weighted by atomic mass is 10.1. The summed E-state index contributed by atoms with van der Waals surface area (Å²) in [5.41, 5.74) is 18.9. The van der Waals surface area contributed by atoms with Gasteiger partial charge in [-0.05, 0) is 39.2 Å². The average Bonchev–Trinajstić information content (AvgIpc) is 2.53. The van der Waals surface area contributed by atoms with E-state index in [1.807, 2.05) is 0 Å². The van der Waals surface area contributed by atoms with Gasteiger partial charge in [0, 0.05) is 6.54 Å². The zero-order valence-electron chi connectivity index (χ0n) is 14.2. The summed E-state index contributed by atoms with van der Waals surface area (Å²) in [5.74, 6) is 3.59. The fraction of sp³-hybridized carbons (Fsp3) is 0.786. The highest BCUT2D eigenvalue weighted by molar-refractivity contribution is 5.92. The normalized spacial score (nSPS) is 14.5. The SMILES string of the molecule is C[C@H](NC(=O)[C@@H](N)CCCCN)C(=O)N[C@@H](CCCNN)C(N)=O. The third kappa shape index (κ3) is 9.40. The predicted molar refractivity (Wildman–Crippen MR) is 91.0 cm³/mol. The van der Waals surface area contributed by atoms with Crippen LogP contribution in [0.2, 0.25) is 0 Å². The third-order valence-corrected chi connectivity index (χ3v) is 3.53. The lowest BCUT2D eigenvalue weighted by Crippen LogP contribution is -2.54. The second-order valence-corrected chi connectivity index (χ2v) is 5.68. The van der Waals surface area contributed by atoms with Crippen LogP contribution in [0.1, 0.15) is 39.0 Å². The largest absolute Gasteiger partial charge is 0.368 e. The molecular formula is C14H31N7O3. The highest BCUT2D eigenvalue weighted by Gasteiger charge is 2.23. The Hall–Kier alpha value is -1.75. The summed E-state index contributed by atoms with van der Waals surface area (Å²) in [6.45, 7) is 2.55. The Balaban J connectivity index is 4.36. The fourth-order valence-electron chi connectivity index (χ4n) is 2.02. The van der Waals surface area contributed by atoms with Crippen molar-refractivity contribution >= 4 is 17.7 Å². The number of carbonyl (C=O) groups excluding carboxylic acids is 3. The summed E-state index contributed by atoms with van der Waals surface area (Å²) in [4.78, 5) is 35.4. The Morgan fingerprint density at radius 2 is 1.67 bits per heavy atom. The number of primary amides is 1. The van der Waals surface area contributed by atoms with E-state index in [4.69, 9.17) is 23.0 Å². The minimum atomic E-state index is -0.826. The molecule has 0 aromatic carbocycles. The standard InChI is InChI=1S/C14H31N7O3/c1-9(20-14(24)10(16)5-2-3-7-15)13(23)21-11(12(17)22)6-4-8-19-18/h9-11,19H,2-8,15-16,18H2,1H3,(H2,17,22)(H,20,24)(H,21,23)/t9-,10-,11-/m0/s1. The molecule has 0 aromatic heterocycles. The van der Waals surface area contributed by atoms with Crippen LogP contribution in [-0.4, -0.2) is 48.9 Å². The summed E-state index contributed by atoms with van der Waals surface area (Å²) in [7, 11) is 0. The van der Waals surface area contributed by atoms with E-state index in [2.05, 4.69) is 16.1 Å². The summed E-state index contributed by atoms with van der Waals surface area (Å²) in [6, 6.07) is -2.34. The van der Waals surface area contributed by atoms with Crippen molar-refractivity contribution in [1.82, 2.24) is 16.1 Å². The molecule has 140 valence electrons. The first-order chi connectivity index (χ1) is 11.3. The minimum Gasteiger partial charge on any atom is -0.368 e. The molecule has 0 radical (unpaired) electrons. The molecule has 0 aromatic rings. The maximum atomic E-state index is 12.1. The number of unbranched alkanes of at least 4 members (excludes halogenated alkanes) is 1. The molecule has 0 aliphatic rings. The number of hydrogen-bond acceptors (Lipinski definition) is 7. The van der Waals surface area contributed by atoms with Crippen molar-refractivity contribution in [3.8, 4) is 0 Å². The van der Waals surface area contributed by atoms with Crippen LogP contribution >= 0.6 is 0 Å². The molecule has 0 unspecified atom stereocenters. The lowest BCUT2D eigenvalue weighted by Gasteiger charge is -2.20. The van der Waals surface area contributed by atoms with Crippen LogP contribution in [0.4, 0.5) is 0 Å². The van der Waals surface area contributed by atoms with E-state index in [-0.39, 0.29) is 0 Å². The van der Waals surface area contributed by atoms with Gasteiger partial charge >= 0.3 is 0 Å². The van der Waals surface area contributed by atoms with Gasteiger partial charge in [0.2, 0.25) is 17.7 Å². The first-order valence-electron chi connectivity index (χ1n) is 8.12. The molecule has 0 spiro atoms. The highest BCUT2D eigenvalue weighted by atomic mass is 16.2. The molecule has 10 nitrogen and oxygen atoms in total. The summed E-state index contributed by atoms with van der Waals surface area (Å²) >= 11 is 0. The van der Waals surface area contributed by atoms with E-state index in [9.17, 15) is 14.4 Å². The van der Waals surface area contributed by atoms with Gasteiger partial charge in [0.1, 0.15) is 12.1 Å². The lowest BCUT2D eigenvalue weighted by molar-refractivity contribution is -0.131. The van der Waals surface area contributed by atoms with E-state index in [1.165, 1.54) is 6.92 Å². The molecule has 0 rings (SSSR count).